The molecule has 1 aromatic heterocycles. The van der Waals surface area contributed by atoms with Gasteiger partial charge < -0.3 is 5.32 Å². The van der Waals surface area contributed by atoms with Crippen molar-refractivity contribution in [1.29, 1.82) is 0 Å². The summed E-state index contributed by atoms with van der Waals surface area (Å²) < 4.78 is 0. The van der Waals surface area contributed by atoms with Crippen LogP contribution < -0.4 is 5.32 Å². The molecule has 1 atom stereocenters. The molecule has 17 heavy (non-hydrogen) atoms. The van der Waals surface area contributed by atoms with Crippen LogP contribution in [0.3, 0.4) is 0 Å². The van der Waals surface area contributed by atoms with Crippen LogP contribution in [0.25, 0.3) is 0 Å². The Kier molecular flexibility index (Phi) is 5.00. The van der Waals surface area contributed by atoms with Gasteiger partial charge in [0.2, 0.25) is 0 Å². The Balaban J connectivity index is 1.84. The van der Waals surface area contributed by atoms with Crippen LogP contribution in [0.2, 0.25) is 5.15 Å². The Morgan fingerprint density at radius 3 is 3.18 bits per heavy atom. The van der Waals surface area contributed by atoms with Crippen molar-refractivity contribution in [2.24, 2.45) is 0 Å². The second kappa shape index (κ2) is 6.52. The van der Waals surface area contributed by atoms with Crippen molar-refractivity contribution in [3.05, 3.63) is 29.0 Å². The van der Waals surface area contributed by atoms with Crippen LogP contribution in [-0.4, -0.2) is 39.9 Å². The highest BCUT2D eigenvalue weighted by atomic mass is 35.5. The first-order valence-electron chi connectivity index (χ1n) is 5.35. The summed E-state index contributed by atoms with van der Waals surface area (Å²) in [6, 6.07) is 3.25. The molecule has 6 heteroatoms. The third-order valence-corrected chi connectivity index (χ3v) is 5.42. The van der Waals surface area contributed by atoms with E-state index in [0.29, 0.717) is 16.0 Å². The van der Waals surface area contributed by atoms with E-state index < -0.39 is 0 Å². The number of pyridine rings is 1. The van der Waals surface area contributed by atoms with Crippen LogP contribution in [0.4, 0.5) is 0 Å². The number of amides is 1. The number of carbonyl (C=O) groups is 1. The molecule has 1 fully saturated rings. The Bertz CT molecular complexity index is 397. The number of carbonyl (C=O) groups excluding carboxylic acids is 1. The second-order valence-electron chi connectivity index (χ2n) is 3.64. The minimum Gasteiger partial charge on any atom is -0.351 e. The van der Waals surface area contributed by atoms with Gasteiger partial charge in [0.1, 0.15) is 5.15 Å². The topological polar surface area (TPSA) is 42.0 Å². The molecular weight excluding hydrogens is 276 g/mol. The summed E-state index contributed by atoms with van der Waals surface area (Å²) in [6.07, 6.45) is 1.54. The number of thioether (sulfide) groups is 2. The highest BCUT2D eigenvalue weighted by Gasteiger charge is 2.15. The molecule has 0 aromatic carbocycles. The number of nitrogens with zero attached hydrogens (tertiary/aromatic N) is 1. The minimum atomic E-state index is -0.0783. The van der Waals surface area contributed by atoms with Gasteiger partial charge in [0.05, 0.1) is 0 Å². The van der Waals surface area contributed by atoms with Gasteiger partial charge in [0.25, 0.3) is 5.91 Å². The maximum atomic E-state index is 11.8. The van der Waals surface area contributed by atoms with Crippen molar-refractivity contribution in [1.82, 2.24) is 10.3 Å². The van der Waals surface area contributed by atoms with Gasteiger partial charge in [-0.05, 0) is 12.1 Å². The molecule has 2 rings (SSSR count). The molecule has 1 aliphatic rings. The largest absolute Gasteiger partial charge is 0.351 e. The van der Waals surface area contributed by atoms with Crippen LogP contribution in [-0.2, 0) is 0 Å². The van der Waals surface area contributed by atoms with Crippen molar-refractivity contribution < 1.29 is 4.79 Å². The zero-order valence-corrected chi connectivity index (χ0v) is 11.6. The first kappa shape index (κ1) is 13.1. The molecule has 1 aromatic rings. The summed E-state index contributed by atoms with van der Waals surface area (Å²) in [5.41, 5.74) is 0.568. The van der Waals surface area contributed by atoms with Gasteiger partial charge in [-0.25, -0.2) is 4.98 Å². The Hall–Kier alpha value is -0.390. The monoisotopic (exact) mass is 288 g/mol. The highest BCUT2D eigenvalue weighted by Crippen LogP contribution is 2.23. The van der Waals surface area contributed by atoms with E-state index in [9.17, 15) is 4.79 Å². The average Bonchev–Trinajstić information content (AvgIpc) is 2.37. The molecule has 0 saturated carbocycles. The molecule has 1 unspecified atom stereocenters. The van der Waals surface area contributed by atoms with Crippen molar-refractivity contribution in [3.63, 3.8) is 0 Å². The van der Waals surface area contributed by atoms with E-state index >= 15 is 0 Å². The van der Waals surface area contributed by atoms with Crippen molar-refractivity contribution in [3.8, 4) is 0 Å². The fourth-order valence-electron chi connectivity index (χ4n) is 1.51. The summed E-state index contributed by atoms with van der Waals surface area (Å²) in [4.78, 5) is 15.7. The number of nitrogens with one attached hydrogen (secondary N) is 1. The van der Waals surface area contributed by atoms with Crippen LogP contribution >= 0.6 is 35.1 Å². The zero-order valence-electron chi connectivity index (χ0n) is 9.19. The molecule has 0 bridgehead atoms. The molecule has 0 aliphatic carbocycles. The molecule has 1 saturated heterocycles. The van der Waals surface area contributed by atoms with E-state index in [1.165, 1.54) is 11.5 Å². The molecule has 0 spiro atoms. The van der Waals surface area contributed by atoms with Crippen LogP contribution in [0.15, 0.2) is 18.3 Å². The van der Waals surface area contributed by atoms with Crippen molar-refractivity contribution >= 4 is 41.0 Å². The van der Waals surface area contributed by atoms with E-state index in [0.717, 1.165) is 12.3 Å². The molecule has 1 N–H and O–H groups in total. The van der Waals surface area contributed by atoms with E-state index in [1.54, 1.807) is 18.3 Å². The second-order valence-corrected chi connectivity index (χ2v) is 6.59. The smallest absolute Gasteiger partial charge is 0.251 e. The predicted molar refractivity (Wildman–Crippen MR) is 75.2 cm³/mol. The lowest BCUT2D eigenvalue weighted by Crippen LogP contribution is -2.33. The number of halogens is 1. The lowest BCUT2D eigenvalue weighted by molar-refractivity contribution is 0.0954. The average molecular weight is 289 g/mol. The van der Waals surface area contributed by atoms with Gasteiger partial charge in [-0.3, -0.25) is 4.79 Å². The Morgan fingerprint density at radius 2 is 2.47 bits per heavy atom. The number of rotatable bonds is 3. The van der Waals surface area contributed by atoms with Crippen LogP contribution in [0.5, 0.6) is 0 Å². The first-order chi connectivity index (χ1) is 8.25. The Labute approximate surface area is 114 Å². The Morgan fingerprint density at radius 1 is 1.59 bits per heavy atom. The quantitative estimate of drug-likeness (QED) is 0.867. The van der Waals surface area contributed by atoms with E-state index in [2.05, 4.69) is 10.3 Å². The minimum absolute atomic E-state index is 0.0783. The summed E-state index contributed by atoms with van der Waals surface area (Å²) in [5.74, 6) is 3.43. The standard InChI is InChI=1S/C11H13ClN2OS2/c12-10-5-8(1-2-13-10)11(15)14-6-9-7-16-3-4-17-9/h1-2,5,9H,3-4,6-7H2,(H,14,15). The van der Waals surface area contributed by atoms with Gasteiger partial charge in [-0.2, -0.15) is 23.5 Å². The lowest BCUT2D eigenvalue weighted by Gasteiger charge is -2.21. The third-order valence-electron chi connectivity index (χ3n) is 2.36. The summed E-state index contributed by atoms with van der Waals surface area (Å²) in [5, 5.41) is 3.81. The fourth-order valence-corrected chi connectivity index (χ4v) is 4.29. The highest BCUT2D eigenvalue weighted by molar-refractivity contribution is 8.06. The molecule has 0 radical (unpaired) electrons. The van der Waals surface area contributed by atoms with Crippen molar-refractivity contribution in [2.75, 3.05) is 23.8 Å². The van der Waals surface area contributed by atoms with E-state index in [4.69, 9.17) is 11.6 Å². The molecule has 2 heterocycles. The van der Waals surface area contributed by atoms with Crippen LogP contribution in [0.1, 0.15) is 10.4 Å². The fraction of sp³-hybridized carbons (Fsp3) is 0.455. The van der Waals surface area contributed by atoms with Gasteiger partial charge in [0.15, 0.2) is 0 Å². The number of aromatic nitrogens is 1. The van der Waals surface area contributed by atoms with Gasteiger partial charge in [-0.15, -0.1) is 0 Å². The molecule has 1 aliphatic heterocycles. The maximum Gasteiger partial charge on any atom is 0.251 e. The molecule has 92 valence electrons. The third kappa shape index (κ3) is 4.08. The molecular formula is C11H13ClN2OS2. The van der Waals surface area contributed by atoms with Crippen LogP contribution in [0, 0.1) is 0 Å². The SMILES string of the molecule is O=C(NCC1CSCCS1)c1ccnc(Cl)c1. The van der Waals surface area contributed by atoms with Gasteiger partial charge in [-0.1, -0.05) is 11.6 Å². The molecule has 3 nitrogen and oxygen atoms in total. The molecule has 1 amide bonds. The van der Waals surface area contributed by atoms with Crippen molar-refractivity contribution in [2.45, 2.75) is 5.25 Å². The summed E-state index contributed by atoms with van der Waals surface area (Å²) in [6.45, 7) is 0.719. The van der Waals surface area contributed by atoms with E-state index in [1.807, 2.05) is 23.5 Å². The maximum absolute atomic E-state index is 11.8. The lowest BCUT2D eigenvalue weighted by atomic mass is 10.2. The van der Waals surface area contributed by atoms with Gasteiger partial charge in [0, 0.05) is 40.8 Å². The van der Waals surface area contributed by atoms with Gasteiger partial charge >= 0.3 is 0 Å². The summed E-state index contributed by atoms with van der Waals surface area (Å²) in [7, 11) is 0. The van der Waals surface area contributed by atoms with E-state index in [-0.39, 0.29) is 5.91 Å². The zero-order chi connectivity index (χ0) is 12.1. The number of hydrogen-bond donors (Lipinski definition) is 1. The predicted octanol–water partition coefficient (Wildman–Crippen LogP) is 2.31. The summed E-state index contributed by atoms with van der Waals surface area (Å²) >= 11 is 9.62. The normalized spacial score (nSPS) is 19.9. The first-order valence-corrected chi connectivity index (χ1v) is 7.93. The number of hydrogen-bond acceptors (Lipinski definition) is 4.